The summed E-state index contributed by atoms with van der Waals surface area (Å²) in [6.45, 7) is -0.0960. The first kappa shape index (κ1) is 19.2. The summed E-state index contributed by atoms with van der Waals surface area (Å²) in [6.07, 6.45) is -4.61. The fourth-order valence-corrected chi connectivity index (χ4v) is 4.03. The lowest BCUT2D eigenvalue weighted by molar-refractivity contribution is -0.184. The van der Waals surface area contributed by atoms with Crippen molar-refractivity contribution in [2.24, 2.45) is 0 Å². The molecule has 136 valence electrons. The van der Waals surface area contributed by atoms with E-state index in [4.69, 9.17) is 40.1 Å². The molecule has 1 saturated heterocycles. The van der Waals surface area contributed by atoms with Crippen LogP contribution in [0.1, 0.15) is 17.5 Å². The number of hydrogen-bond donors (Lipinski definition) is 0. The largest absolute Gasteiger partial charge is 0.400 e. The van der Waals surface area contributed by atoms with E-state index < -0.39 is 11.6 Å². The summed E-state index contributed by atoms with van der Waals surface area (Å²) < 4.78 is 42.2. The quantitative estimate of drug-likeness (QED) is 0.577. The highest BCUT2D eigenvalue weighted by Gasteiger charge is 2.59. The van der Waals surface area contributed by atoms with E-state index in [1.165, 1.54) is 30.3 Å². The smallest absolute Gasteiger partial charge is 0.370 e. The van der Waals surface area contributed by atoms with Gasteiger partial charge < -0.3 is 4.90 Å². The zero-order chi connectivity index (χ0) is 19.1. The van der Waals surface area contributed by atoms with Crippen LogP contribution in [0.3, 0.4) is 0 Å². The van der Waals surface area contributed by atoms with Crippen LogP contribution in [0, 0.1) is 11.3 Å². The molecule has 1 unspecified atom stereocenters. The first-order valence-electron chi connectivity index (χ1n) is 7.64. The molecular formula is C18H12Cl3F3N2. The van der Waals surface area contributed by atoms with Gasteiger partial charge in [0.1, 0.15) is 11.5 Å². The topological polar surface area (TPSA) is 27.0 Å². The van der Waals surface area contributed by atoms with Crippen LogP contribution in [0.5, 0.6) is 0 Å². The molecule has 0 spiro atoms. The summed E-state index contributed by atoms with van der Waals surface area (Å²) >= 11 is 17.9. The van der Waals surface area contributed by atoms with Crippen LogP contribution in [0.15, 0.2) is 36.4 Å². The number of anilines is 1. The Balaban J connectivity index is 2.02. The van der Waals surface area contributed by atoms with Gasteiger partial charge in [-0.3, -0.25) is 0 Å². The van der Waals surface area contributed by atoms with Crippen molar-refractivity contribution >= 4 is 40.5 Å². The highest BCUT2D eigenvalue weighted by molar-refractivity contribution is 6.34. The predicted molar refractivity (Wildman–Crippen MR) is 97.2 cm³/mol. The van der Waals surface area contributed by atoms with Gasteiger partial charge in [0.2, 0.25) is 0 Å². The molecule has 0 bridgehead atoms. The normalized spacial score (nSPS) is 20.3. The highest BCUT2D eigenvalue weighted by atomic mass is 35.5. The average Bonchev–Trinajstić information content (AvgIpc) is 3.00. The molecule has 0 saturated carbocycles. The third-order valence-corrected chi connectivity index (χ3v) is 5.41. The number of hydrogen-bond acceptors (Lipinski definition) is 2. The third-order valence-electron chi connectivity index (χ3n) is 4.67. The molecule has 0 aromatic heterocycles. The first-order valence-corrected chi connectivity index (χ1v) is 8.77. The maximum absolute atomic E-state index is 14.1. The molecule has 8 heteroatoms. The summed E-state index contributed by atoms with van der Waals surface area (Å²) in [7, 11) is 0. The van der Waals surface area contributed by atoms with Crippen LogP contribution in [-0.2, 0) is 5.41 Å². The maximum atomic E-state index is 14.1. The van der Waals surface area contributed by atoms with E-state index in [0.717, 1.165) is 0 Å². The molecule has 26 heavy (non-hydrogen) atoms. The lowest BCUT2D eigenvalue weighted by Gasteiger charge is -2.33. The standard InChI is InChI=1S/C18H12Cl3F3N2/c19-13-5-12(6-14(20)7-13)17(18(22,23)24)3-4-26(10-17)15-2-1-11(9-25)16(21)8-15/h1-2,5-8H,3-4,10H2. The van der Waals surface area contributed by atoms with Crippen LogP contribution in [0.25, 0.3) is 0 Å². The van der Waals surface area contributed by atoms with E-state index in [9.17, 15) is 13.2 Å². The van der Waals surface area contributed by atoms with E-state index in [1.807, 2.05) is 6.07 Å². The van der Waals surface area contributed by atoms with Crippen molar-refractivity contribution in [3.05, 3.63) is 62.6 Å². The van der Waals surface area contributed by atoms with Crippen molar-refractivity contribution in [2.75, 3.05) is 18.0 Å². The average molecular weight is 420 g/mol. The van der Waals surface area contributed by atoms with Crippen molar-refractivity contribution < 1.29 is 13.2 Å². The van der Waals surface area contributed by atoms with Gasteiger partial charge >= 0.3 is 6.18 Å². The molecule has 0 N–H and O–H groups in total. The molecule has 1 atom stereocenters. The molecule has 1 fully saturated rings. The molecule has 3 rings (SSSR count). The Labute approximate surface area is 163 Å². The van der Waals surface area contributed by atoms with E-state index in [1.54, 1.807) is 11.0 Å². The Morgan fingerprint density at radius 3 is 2.23 bits per heavy atom. The van der Waals surface area contributed by atoms with Gasteiger partial charge in [-0.05, 0) is 48.4 Å². The van der Waals surface area contributed by atoms with Crippen molar-refractivity contribution in [3.63, 3.8) is 0 Å². The molecule has 2 aromatic rings. The molecule has 0 aliphatic carbocycles. The molecule has 2 aromatic carbocycles. The van der Waals surface area contributed by atoms with Gasteiger partial charge in [-0.2, -0.15) is 18.4 Å². The lowest BCUT2D eigenvalue weighted by atomic mass is 9.79. The number of rotatable bonds is 2. The summed E-state index contributed by atoms with van der Waals surface area (Å²) in [4.78, 5) is 1.61. The van der Waals surface area contributed by atoms with Gasteiger partial charge in [-0.15, -0.1) is 0 Å². The van der Waals surface area contributed by atoms with Crippen molar-refractivity contribution in [1.82, 2.24) is 0 Å². The van der Waals surface area contributed by atoms with Gasteiger partial charge in [0.25, 0.3) is 0 Å². The zero-order valence-corrected chi connectivity index (χ0v) is 15.5. The Kier molecular flexibility index (Phi) is 5.04. The third kappa shape index (κ3) is 3.34. The minimum absolute atomic E-state index is 0.0461. The molecule has 0 amide bonds. The van der Waals surface area contributed by atoms with Gasteiger partial charge in [0.15, 0.2) is 0 Å². The Hall–Kier alpha value is -1.61. The van der Waals surface area contributed by atoms with Gasteiger partial charge in [-0.25, -0.2) is 0 Å². The number of nitrogens with zero attached hydrogens (tertiary/aromatic N) is 2. The summed E-state index contributed by atoms with van der Waals surface area (Å²) in [5.74, 6) is 0. The minimum atomic E-state index is -4.48. The molecule has 1 aliphatic rings. The van der Waals surface area contributed by atoms with E-state index >= 15 is 0 Å². The van der Waals surface area contributed by atoms with Crippen molar-refractivity contribution in [2.45, 2.75) is 18.0 Å². The van der Waals surface area contributed by atoms with Crippen LogP contribution >= 0.6 is 34.8 Å². The van der Waals surface area contributed by atoms with Crippen molar-refractivity contribution in [3.8, 4) is 6.07 Å². The fraction of sp³-hybridized carbons (Fsp3) is 0.278. The van der Waals surface area contributed by atoms with Crippen LogP contribution in [0.4, 0.5) is 18.9 Å². The molecule has 0 radical (unpaired) electrons. The SMILES string of the molecule is N#Cc1ccc(N2CCC(c3cc(Cl)cc(Cl)c3)(C(F)(F)F)C2)cc1Cl. The Bertz CT molecular complexity index is 872. The summed E-state index contributed by atoms with van der Waals surface area (Å²) in [5, 5.41) is 9.48. The summed E-state index contributed by atoms with van der Waals surface area (Å²) in [5.41, 5.74) is -1.22. The van der Waals surface area contributed by atoms with Gasteiger partial charge in [0, 0.05) is 28.8 Å². The number of benzene rings is 2. The highest BCUT2D eigenvalue weighted by Crippen LogP contribution is 2.49. The van der Waals surface area contributed by atoms with Crippen LogP contribution in [-0.4, -0.2) is 19.3 Å². The lowest BCUT2D eigenvalue weighted by Crippen LogP contribution is -2.44. The predicted octanol–water partition coefficient (Wildman–Crippen LogP) is 6.23. The van der Waals surface area contributed by atoms with Crippen LogP contribution in [0.2, 0.25) is 15.1 Å². The zero-order valence-electron chi connectivity index (χ0n) is 13.2. The molecular weight excluding hydrogens is 408 g/mol. The van der Waals surface area contributed by atoms with E-state index in [2.05, 4.69) is 0 Å². The van der Waals surface area contributed by atoms with Gasteiger partial charge in [-0.1, -0.05) is 34.8 Å². The Morgan fingerprint density at radius 2 is 1.69 bits per heavy atom. The fourth-order valence-electron chi connectivity index (χ4n) is 3.28. The second-order valence-corrected chi connectivity index (χ2v) is 7.47. The van der Waals surface area contributed by atoms with Crippen LogP contribution < -0.4 is 4.90 Å². The maximum Gasteiger partial charge on any atom is 0.400 e. The molecule has 1 aliphatic heterocycles. The second-order valence-electron chi connectivity index (χ2n) is 6.19. The Morgan fingerprint density at radius 1 is 1.04 bits per heavy atom. The second kappa shape index (κ2) is 6.84. The monoisotopic (exact) mass is 418 g/mol. The summed E-state index contributed by atoms with van der Waals surface area (Å²) in [6, 6.07) is 10.6. The number of halogens is 6. The number of alkyl halides is 3. The van der Waals surface area contributed by atoms with Crippen molar-refractivity contribution in [1.29, 1.82) is 5.26 Å². The molecule has 2 nitrogen and oxygen atoms in total. The molecule has 1 heterocycles. The van der Waals surface area contributed by atoms with E-state index in [-0.39, 0.29) is 45.7 Å². The first-order chi connectivity index (χ1) is 12.2. The van der Waals surface area contributed by atoms with E-state index in [0.29, 0.717) is 5.69 Å². The van der Waals surface area contributed by atoms with Gasteiger partial charge in [0.05, 0.1) is 10.6 Å². The number of nitriles is 1. The minimum Gasteiger partial charge on any atom is -0.370 e.